The summed E-state index contributed by atoms with van der Waals surface area (Å²) >= 11 is 0. The van der Waals surface area contributed by atoms with Crippen LogP contribution in [-0.2, 0) is 37.7 Å². The number of aromatic hydroxyl groups is 1. The number of carbonyl (C=O) groups excluding carboxylic acids is 4. The number of hydrogen-bond donors (Lipinski definition) is 2. The number of rotatable bonds is 10. The number of benzene rings is 5. The number of phenols is 1. The Labute approximate surface area is 361 Å². The van der Waals surface area contributed by atoms with Gasteiger partial charge in [-0.05, 0) is 73.4 Å². The number of anilines is 1. The van der Waals surface area contributed by atoms with Gasteiger partial charge in [-0.25, -0.2) is 0 Å². The Balaban J connectivity index is 1.03. The summed E-state index contributed by atoms with van der Waals surface area (Å²) in [6.07, 6.45) is 3.94. The van der Waals surface area contributed by atoms with Crippen LogP contribution in [0, 0.1) is 30.6 Å². The maximum atomic E-state index is 15.6. The van der Waals surface area contributed by atoms with Gasteiger partial charge in [0.1, 0.15) is 18.1 Å². The van der Waals surface area contributed by atoms with Crippen LogP contribution < -0.4 is 10.2 Å². The molecule has 2 N–H and O–H groups in total. The molecule has 10 heteroatoms. The smallest absolute Gasteiger partial charge is 0.260 e. The normalized spacial score (nSPS) is 26.2. The van der Waals surface area contributed by atoms with Crippen LogP contribution in [0.5, 0.6) is 11.5 Å². The molecule has 5 aromatic carbocycles. The summed E-state index contributed by atoms with van der Waals surface area (Å²) in [6.45, 7) is 4.62. The molecule has 0 radical (unpaired) electrons. The number of aryl methyl sites for hydroxylation is 1. The fourth-order valence-corrected chi connectivity index (χ4v) is 11.3. The van der Waals surface area contributed by atoms with E-state index < -0.39 is 46.8 Å². The number of likely N-dealkylation sites (tertiary alicyclic amines) is 2. The fourth-order valence-electron chi connectivity index (χ4n) is 11.3. The predicted octanol–water partition coefficient (Wildman–Crippen LogP) is 7.93. The third-order valence-corrected chi connectivity index (χ3v) is 14.2. The number of hydrogen-bond acceptors (Lipinski definition) is 8. The molecule has 0 unspecified atom stereocenters. The molecule has 3 saturated heterocycles. The summed E-state index contributed by atoms with van der Waals surface area (Å²) in [4.78, 5) is 64.0. The summed E-state index contributed by atoms with van der Waals surface area (Å²) in [5.41, 5.74) is 7.38. The third-order valence-electron chi connectivity index (χ3n) is 14.2. The molecule has 3 aliphatic heterocycles. The van der Waals surface area contributed by atoms with Gasteiger partial charge < -0.3 is 9.84 Å². The van der Waals surface area contributed by atoms with Crippen molar-refractivity contribution >= 4 is 29.3 Å². The van der Waals surface area contributed by atoms with Gasteiger partial charge in [0.15, 0.2) is 0 Å². The number of piperidine rings is 1. The van der Waals surface area contributed by atoms with Crippen molar-refractivity contribution in [2.75, 3.05) is 18.5 Å². The molecule has 0 bridgehead atoms. The number of carbonyl (C=O) groups is 4. The van der Waals surface area contributed by atoms with Crippen molar-refractivity contribution in [3.05, 3.63) is 173 Å². The van der Waals surface area contributed by atoms with E-state index in [9.17, 15) is 14.7 Å². The lowest BCUT2D eigenvalue weighted by Gasteiger charge is -2.50. The van der Waals surface area contributed by atoms with Gasteiger partial charge in [0.2, 0.25) is 11.8 Å². The minimum atomic E-state index is -1.49. The summed E-state index contributed by atoms with van der Waals surface area (Å²) < 4.78 is 6.13. The summed E-state index contributed by atoms with van der Waals surface area (Å²) in [6, 6.07) is 41.9. The Kier molecular flexibility index (Phi) is 10.3. The van der Waals surface area contributed by atoms with Gasteiger partial charge in [-0.1, -0.05) is 126 Å². The highest BCUT2D eigenvalue weighted by Crippen LogP contribution is 2.65. The predicted molar refractivity (Wildman–Crippen MR) is 234 cm³/mol. The van der Waals surface area contributed by atoms with E-state index in [0.29, 0.717) is 48.4 Å². The van der Waals surface area contributed by atoms with Crippen molar-refractivity contribution in [1.29, 1.82) is 0 Å². The van der Waals surface area contributed by atoms with Crippen LogP contribution in [0.1, 0.15) is 59.4 Å². The van der Waals surface area contributed by atoms with E-state index in [2.05, 4.69) is 22.5 Å². The lowest BCUT2D eigenvalue weighted by molar-refractivity contribution is -0.144. The first kappa shape index (κ1) is 39.6. The Morgan fingerprint density at radius 3 is 2.08 bits per heavy atom. The minimum Gasteiger partial charge on any atom is -0.508 e. The largest absolute Gasteiger partial charge is 0.508 e. The zero-order valence-electron chi connectivity index (χ0n) is 34.7. The Morgan fingerprint density at radius 1 is 0.742 bits per heavy atom. The quantitative estimate of drug-likeness (QED) is 0.108. The molecule has 5 aromatic rings. The molecule has 10 rings (SSSR count). The maximum absolute atomic E-state index is 15.6. The van der Waals surface area contributed by atoms with Crippen molar-refractivity contribution < 1.29 is 29.0 Å². The van der Waals surface area contributed by atoms with Crippen LogP contribution in [0.25, 0.3) is 0 Å². The number of nitrogens with zero attached hydrogens (tertiary/aromatic N) is 3. The molecule has 314 valence electrons. The van der Waals surface area contributed by atoms with E-state index >= 15 is 9.59 Å². The van der Waals surface area contributed by atoms with E-state index in [1.165, 1.54) is 5.56 Å². The van der Waals surface area contributed by atoms with E-state index in [4.69, 9.17) is 4.74 Å². The van der Waals surface area contributed by atoms with Gasteiger partial charge in [-0.15, -0.1) is 0 Å². The molecule has 4 amide bonds. The molecule has 4 fully saturated rings. The Bertz CT molecular complexity index is 2540. The van der Waals surface area contributed by atoms with E-state index in [1.54, 1.807) is 23.1 Å². The van der Waals surface area contributed by atoms with Crippen LogP contribution in [0.15, 0.2) is 145 Å². The molecule has 10 nitrogen and oxygen atoms in total. The number of fused-ring (bicyclic) bond motifs is 4. The topological polar surface area (TPSA) is 119 Å². The van der Waals surface area contributed by atoms with Gasteiger partial charge in [-0.2, -0.15) is 5.01 Å². The van der Waals surface area contributed by atoms with Crippen molar-refractivity contribution in [1.82, 2.24) is 14.8 Å². The number of hydrazine groups is 1. The van der Waals surface area contributed by atoms with Crippen LogP contribution in [-0.4, -0.2) is 62.7 Å². The second-order valence-corrected chi connectivity index (χ2v) is 17.6. The summed E-state index contributed by atoms with van der Waals surface area (Å²) in [5.74, 6) is -4.38. The number of ether oxygens (including phenoxy) is 1. The number of allylic oxidation sites excluding steroid dienone is 2. The minimum absolute atomic E-state index is 0.0822. The average Bonchev–Trinajstić information content (AvgIpc) is 3.68. The number of phenolic OH excluding ortho intramolecular Hbond substituents is 1. The molecule has 3 heterocycles. The van der Waals surface area contributed by atoms with Crippen LogP contribution in [0.4, 0.5) is 5.69 Å². The summed E-state index contributed by atoms with van der Waals surface area (Å²) in [7, 11) is 0. The highest BCUT2D eigenvalue weighted by atomic mass is 16.5. The number of imide groups is 2. The lowest BCUT2D eigenvalue weighted by atomic mass is 9.49. The number of nitrogens with one attached hydrogen (secondary N) is 1. The zero-order chi connectivity index (χ0) is 42.5. The van der Waals surface area contributed by atoms with E-state index in [-0.39, 0.29) is 30.0 Å². The highest BCUT2D eigenvalue weighted by Gasteiger charge is 2.70. The van der Waals surface area contributed by atoms with Gasteiger partial charge in [0, 0.05) is 43.2 Å². The molecule has 2 aliphatic carbocycles. The zero-order valence-corrected chi connectivity index (χ0v) is 34.7. The number of amides is 4. The first-order valence-electron chi connectivity index (χ1n) is 21.8. The first-order chi connectivity index (χ1) is 30.2. The summed E-state index contributed by atoms with van der Waals surface area (Å²) in [5, 5.41) is 13.3. The van der Waals surface area contributed by atoms with Gasteiger partial charge >= 0.3 is 0 Å². The highest BCUT2D eigenvalue weighted by molar-refractivity contribution is 6.13. The monoisotopic (exact) mass is 826 g/mol. The van der Waals surface area contributed by atoms with Crippen LogP contribution in [0.2, 0.25) is 0 Å². The van der Waals surface area contributed by atoms with Crippen LogP contribution in [0.3, 0.4) is 0 Å². The Morgan fingerprint density at radius 2 is 1.40 bits per heavy atom. The molecule has 1 saturated carbocycles. The first-order valence-corrected chi connectivity index (χ1v) is 21.8. The van der Waals surface area contributed by atoms with Crippen molar-refractivity contribution in [2.45, 2.75) is 63.1 Å². The molecule has 6 atom stereocenters. The molecular formula is C52H50N4O6. The average molecular weight is 827 g/mol. The lowest BCUT2D eigenvalue weighted by Crippen LogP contribution is -2.53. The molecule has 5 aliphatic rings. The Hall–Kier alpha value is -6.52. The standard InChI is InChI=1S/C52H50N4O6/c1-33-17-19-37(20-18-33)53-56-49(59)44-30-43-40(23-24-42-46(43)50(60)55(48(42)58)38-25-27-54(28-26-38)31-34-11-5-2-6-12-34)47(52(44,51(56)61)36-15-9-4-10-16-36)41-22-21-39(29-45(41)57)62-32-35-13-7-3-8-14-35/h2-23,29,38,42-44,46-47,53,57H,24-28,30-32H2,1H3/t42-,43+,44-,46-,47+,52+/m0/s1. The van der Waals surface area contributed by atoms with Crippen LogP contribution >= 0.6 is 0 Å². The fraction of sp³-hybridized carbons (Fsp3) is 0.308. The molecular weight excluding hydrogens is 777 g/mol. The second-order valence-electron chi connectivity index (χ2n) is 17.6. The van der Waals surface area contributed by atoms with Gasteiger partial charge in [-0.3, -0.25) is 34.4 Å². The van der Waals surface area contributed by atoms with Gasteiger partial charge in [0.25, 0.3) is 11.8 Å². The molecule has 62 heavy (non-hydrogen) atoms. The SMILES string of the molecule is Cc1ccc(NN2C(=O)[C@@H]3C[C@@H]4C(=CC[C@@H]5C(=O)N(C6CCN(Cc7ccccc7)CC6)C(=O)[C@@H]54)[C@H](c4ccc(OCc5ccccc5)cc4O)[C@]3(c3ccccc3)C2=O)cc1. The van der Waals surface area contributed by atoms with Crippen molar-refractivity contribution in [2.24, 2.45) is 23.7 Å². The van der Waals surface area contributed by atoms with E-state index in [0.717, 1.165) is 41.3 Å². The molecule has 0 aromatic heterocycles. The van der Waals surface area contributed by atoms with E-state index in [1.807, 2.05) is 116 Å². The van der Waals surface area contributed by atoms with Gasteiger partial charge in [0.05, 0.1) is 28.9 Å². The second kappa shape index (κ2) is 16.1. The van der Waals surface area contributed by atoms with Crippen molar-refractivity contribution in [3.63, 3.8) is 0 Å². The maximum Gasteiger partial charge on any atom is 0.260 e. The van der Waals surface area contributed by atoms with Crippen molar-refractivity contribution in [3.8, 4) is 11.5 Å². The third kappa shape index (κ3) is 6.68. The molecule has 0 spiro atoms.